The van der Waals surface area contributed by atoms with E-state index in [9.17, 15) is 0 Å². The molecule has 0 radical (unpaired) electrons. The van der Waals surface area contributed by atoms with E-state index in [4.69, 9.17) is 10.5 Å². The molecule has 0 aromatic heterocycles. The maximum absolute atomic E-state index is 5.89. The van der Waals surface area contributed by atoms with Crippen LogP contribution in [0.1, 0.15) is 25.7 Å². The second-order valence-corrected chi connectivity index (χ2v) is 3.62. The standard InChI is InChI=1S/C8H15NO/c1-10-7-6(9)8(7)4-2-3-5-8/h6-7H,2-5,9H2,1H3/t6-,7+/m0/s1. The predicted octanol–water partition coefficient (Wildman–Crippen LogP) is 0.903. The van der Waals surface area contributed by atoms with E-state index in [1.165, 1.54) is 25.7 Å². The minimum atomic E-state index is 0.347. The van der Waals surface area contributed by atoms with E-state index in [-0.39, 0.29) is 0 Å². The fourth-order valence-electron chi connectivity index (χ4n) is 2.52. The molecule has 10 heavy (non-hydrogen) atoms. The summed E-state index contributed by atoms with van der Waals surface area (Å²) in [6.07, 6.45) is 5.69. The van der Waals surface area contributed by atoms with Crippen LogP contribution in [0.3, 0.4) is 0 Å². The highest BCUT2D eigenvalue weighted by molar-refractivity contribution is 5.17. The Hall–Kier alpha value is -0.0800. The molecular weight excluding hydrogens is 126 g/mol. The van der Waals surface area contributed by atoms with Gasteiger partial charge in [-0.25, -0.2) is 0 Å². The fourth-order valence-corrected chi connectivity index (χ4v) is 2.52. The Labute approximate surface area is 61.7 Å². The molecule has 2 fully saturated rings. The number of methoxy groups -OCH3 is 1. The summed E-state index contributed by atoms with van der Waals surface area (Å²) in [6, 6.07) is 0.347. The predicted molar refractivity (Wildman–Crippen MR) is 39.7 cm³/mol. The highest BCUT2D eigenvalue weighted by Gasteiger charge is 2.63. The number of rotatable bonds is 1. The Bertz CT molecular complexity index is 140. The SMILES string of the molecule is CO[C@@H]1[C@H](N)C12CCCC2. The lowest BCUT2D eigenvalue weighted by Crippen LogP contribution is -2.09. The average molecular weight is 141 g/mol. The number of hydrogen-bond acceptors (Lipinski definition) is 2. The van der Waals surface area contributed by atoms with Crippen LogP contribution in [-0.4, -0.2) is 19.3 Å². The van der Waals surface area contributed by atoms with Crippen molar-refractivity contribution in [3.05, 3.63) is 0 Å². The van der Waals surface area contributed by atoms with Gasteiger partial charge in [-0.2, -0.15) is 0 Å². The van der Waals surface area contributed by atoms with Crippen molar-refractivity contribution >= 4 is 0 Å². The minimum absolute atomic E-state index is 0.347. The van der Waals surface area contributed by atoms with Crippen LogP contribution in [0.2, 0.25) is 0 Å². The average Bonchev–Trinajstić information content (AvgIpc) is 2.31. The Morgan fingerprint density at radius 1 is 1.40 bits per heavy atom. The van der Waals surface area contributed by atoms with E-state index in [2.05, 4.69) is 0 Å². The van der Waals surface area contributed by atoms with E-state index in [1.54, 1.807) is 7.11 Å². The lowest BCUT2D eigenvalue weighted by Gasteiger charge is -2.04. The summed E-state index contributed by atoms with van der Waals surface area (Å²) in [5.41, 5.74) is 6.32. The third kappa shape index (κ3) is 0.611. The van der Waals surface area contributed by atoms with Crippen LogP contribution in [0.15, 0.2) is 0 Å². The molecule has 2 heteroatoms. The molecule has 2 saturated carbocycles. The van der Waals surface area contributed by atoms with Gasteiger partial charge in [-0.3, -0.25) is 0 Å². The maximum Gasteiger partial charge on any atom is 0.0800 e. The third-order valence-electron chi connectivity index (χ3n) is 3.24. The Kier molecular flexibility index (Phi) is 1.29. The van der Waals surface area contributed by atoms with E-state index in [1.807, 2.05) is 0 Å². The lowest BCUT2D eigenvalue weighted by molar-refractivity contribution is 0.143. The zero-order valence-electron chi connectivity index (χ0n) is 6.47. The van der Waals surface area contributed by atoms with E-state index >= 15 is 0 Å². The van der Waals surface area contributed by atoms with Crippen molar-refractivity contribution in [1.29, 1.82) is 0 Å². The van der Waals surface area contributed by atoms with Gasteiger partial charge >= 0.3 is 0 Å². The smallest absolute Gasteiger partial charge is 0.0800 e. The number of ether oxygens (including phenoxy) is 1. The third-order valence-corrected chi connectivity index (χ3v) is 3.24. The number of nitrogens with two attached hydrogens (primary N) is 1. The molecule has 1 spiro atoms. The van der Waals surface area contributed by atoms with Crippen molar-refractivity contribution in [1.82, 2.24) is 0 Å². The molecule has 0 amide bonds. The lowest BCUT2D eigenvalue weighted by atomic mass is 10.1. The summed E-state index contributed by atoms with van der Waals surface area (Å²) in [5, 5.41) is 0. The van der Waals surface area contributed by atoms with Crippen LogP contribution in [-0.2, 0) is 4.74 Å². The molecule has 0 heterocycles. The van der Waals surface area contributed by atoms with Crippen LogP contribution in [0.5, 0.6) is 0 Å². The fraction of sp³-hybridized carbons (Fsp3) is 1.00. The molecule has 0 aromatic carbocycles. The number of hydrogen-bond donors (Lipinski definition) is 1. The van der Waals surface area contributed by atoms with Crippen molar-refractivity contribution in [3.8, 4) is 0 Å². The maximum atomic E-state index is 5.89. The minimum Gasteiger partial charge on any atom is -0.379 e. The van der Waals surface area contributed by atoms with Crippen molar-refractivity contribution in [2.75, 3.05) is 7.11 Å². The molecule has 0 unspecified atom stereocenters. The molecule has 2 nitrogen and oxygen atoms in total. The topological polar surface area (TPSA) is 35.2 Å². The summed E-state index contributed by atoms with van der Waals surface area (Å²) in [4.78, 5) is 0. The highest BCUT2D eigenvalue weighted by atomic mass is 16.5. The van der Waals surface area contributed by atoms with E-state index in [0.29, 0.717) is 17.6 Å². The molecule has 0 aromatic rings. The van der Waals surface area contributed by atoms with Gasteiger partial charge in [0.2, 0.25) is 0 Å². The molecular formula is C8H15NO. The van der Waals surface area contributed by atoms with Crippen molar-refractivity contribution in [2.24, 2.45) is 11.1 Å². The summed E-state index contributed by atoms with van der Waals surface area (Å²) in [5.74, 6) is 0. The molecule has 2 aliphatic rings. The van der Waals surface area contributed by atoms with Crippen molar-refractivity contribution < 1.29 is 4.74 Å². The van der Waals surface area contributed by atoms with Gasteiger partial charge in [0.1, 0.15) is 0 Å². The Morgan fingerprint density at radius 3 is 2.40 bits per heavy atom. The van der Waals surface area contributed by atoms with Gasteiger partial charge < -0.3 is 10.5 Å². The van der Waals surface area contributed by atoms with Gasteiger partial charge in [-0.1, -0.05) is 12.8 Å². The van der Waals surface area contributed by atoms with Crippen molar-refractivity contribution in [3.63, 3.8) is 0 Å². The van der Waals surface area contributed by atoms with Gasteiger partial charge in [-0.15, -0.1) is 0 Å². The van der Waals surface area contributed by atoms with E-state index in [0.717, 1.165) is 0 Å². The first-order valence-electron chi connectivity index (χ1n) is 4.10. The normalized spacial score (nSPS) is 42.6. The van der Waals surface area contributed by atoms with Gasteiger partial charge in [0.25, 0.3) is 0 Å². The monoisotopic (exact) mass is 141 g/mol. The molecule has 0 saturated heterocycles. The van der Waals surface area contributed by atoms with Gasteiger partial charge in [0.05, 0.1) is 6.10 Å². The summed E-state index contributed by atoms with van der Waals surface area (Å²) in [6.45, 7) is 0. The summed E-state index contributed by atoms with van der Waals surface area (Å²) < 4.78 is 5.29. The largest absolute Gasteiger partial charge is 0.379 e. The molecule has 2 rings (SSSR count). The molecule has 0 bridgehead atoms. The zero-order valence-corrected chi connectivity index (χ0v) is 6.47. The van der Waals surface area contributed by atoms with Crippen LogP contribution in [0.25, 0.3) is 0 Å². The first-order valence-corrected chi connectivity index (χ1v) is 4.10. The van der Waals surface area contributed by atoms with E-state index < -0.39 is 0 Å². The summed E-state index contributed by atoms with van der Waals surface area (Å²) in [7, 11) is 1.78. The highest BCUT2D eigenvalue weighted by Crippen LogP contribution is 2.58. The second kappa shape index (κ2) is 1.95. The second-order valence-electron chi connectivity index (χ2n) is 3.62. The van der Waals surface area contributed by atoms with Crippen LogP contribution < -0.4 is 5.73 Å². The first kappa shape index (κ1) is 6.62. The molecule has 2 atom stereocenters. The molecule has 0 aliphatic heterocycles. The molecule has 2 aliphatic carbocycles. The van der Waals surface area contributed by atoms with Crippen LogP contribution >= 0.6 is 0 Å². The zero-order chi connectivity index (χ0) is 7.19. The van der Waals surface area contributed by atoms with Gasteiger partial charge in [0, 0.05) is 18.6 Å². The Morgan fingerprint density at radius 2 is 2.00 bits per heavy atom. The van der Waals surface area contributed by atoms with Crippen LogP contribution in [0.4, 0.5) is 0 Å². The Balaban J connectivity index is 2.05. The summed E-state index contributed by atoms with van der Waals surface area (Å²) >= 11 is 0. The first-order chi connectivity index (χ1) is 4.81. The van der Waals surface area contributed by atoms with Gasteiger partial charge in [0.15, 0.2) is 0 Å². The molecule has 58 valence electrons. The van der Waals surface area contributed by atoms with Crippen molar-refractivity contribution in [2.45, 2.75) is 37.8 Å². The molecule has 2 N–H and O–H groups in total. The van der Waals surface area contributed by atoms with Crippen LogP contribution in [0, 0.1) is 5.41 Å². The quantitative estimate of drug-likeness (QED) is 0.589. The van der Waals surface area contributed by atoms with Gasteiger partial charge in [-0.05, 0) is 12.8 Å².